The van der Waals surface area contributed by atoms with Crippen LogP contribution in [-0.2, 0) is 9.59 Å². The highest BCUT2D eigenvalue weighted by Gasteiger charge is 2.30. The molecule has 1 saturated heterocycles. The smallest absolute Gasteiger partial charge is 0.240 e. The molecule has 0 radical (unpaired) electrons. The van der Waals surface area contributed by atoms with E-state index in [0.29, 0.717) is 18.7 Å². The van der Waals surface area contributed by atoms with Gasteiger partial charge in [0.2, 0.25) is 11.8 Å². The molecule has 0 bridgehead atoms. The van der Waals surface area contributed by atoms with E-state index in [9.17, 15) is 9.59 Å². The summed E-state index contributed by atoms with van der Waals surface area (Å²) >= 11 is 1.52. The lowest BCUT2D eigenvalue weighted by atomic mass is 10.0. The second-order valence-electron chi connectivity index (χ2n) is 6.09. The number of thioether (sulfide) groups is 1. The van der Waals surface area contributed by atoms with Crippen LogP contribution < -0.4 is 5.73 Å². The summed E-state index contributed by atoms with van der Waals surface area (Å²) in [6.07, 6.45) is 2.55. The fourth-order valence-electron chi connectivity index (χ4n) is 3.05. The Hall–Kier alpha value is -2.02. The number of rotatable bonds is 5. The van der Waals surface area contributed by atoms with Crippen molar-refractivity contribution in [1.29, 1.82) is 0 Å². The Bertz CT molecular complexity index is 712. The first kappa shape index (κ1) is 16.8. The number of hydrogen-bond acceptors (Lipinski definition) is 4. The molecule has 2 atom stereocenters. The Morgan fingerprint density at radius 2 is 2.21 bits per heavy atom. The number of benzene rings is 1. The molecule has 3 rings (SSSR count). The van der Waals surface area contributed by atoms with Crippen molar-refractivity contribution in [1.82, 2.24) is 14.9 Å². The molecule has 2 heterocycles. The van der Waals surface area contributed by atoms with Crippen LogP contribution >= 0.6 is 11.8 Å². The second kappa shape index (κ2) is 7.25. The third-order valence-electron chi connectivity index (χ3n) is 4.40. The Morgan fingerprint density at radius 1 is 1.42 bits per heavy atom. The summed E-state index contributed by atoms with van der Waals surface area (Å²) < 4.78 is 0. The average Bonchev–Trinajstić information content (AvgIpc) is 3.03. The number of primary amides is 1. The second-order valence-corrected chi connectivity index (χ2v) is 7.42. The minimum Gasteiger partial charge on any atom is -0.368 e. The van der Waals surface area contributed by atoms with Gasteiger partial charge in [0.25, 0.3) is 0 Å². The van der Waals surface area contributed by atoms with Gasteiger partial charge in [0.15, 0.2) is 0 Å². The van der Waals surface area contributed by atoms with E-state index >= 15 is 0 Å². The molecule has 1 aromatic heterocycles. The minimum atomic E-state index is -0.451. The van der Waals surface area contributed by atoms with Gasteiger partial charge in [-0.05, 0) is 38.3 Å². The molecule has 0 aliphatic carbocycles. The number of amides is 2. The van der Waals surface area contributed by atoms with Crippen LogP contribution in [0.5, 0.6) is 0 Å². The van der Waals surface area contributed by atoms with Gasteiger partial charge in [-0.1, -0.05) is 12.1 Å². The third-order valence-corrected chi connectivity index (χ3v) is 5.54. The van der Waals surface area contributed by atoms with E-state index in [2.05, 4.69) is 9.97 Å². The number of hydrogen-bond donors (Lipinski definition) is 2. The Morgan fingerprint density at radius 3 is 2.96 bits per heavy atom. The zero-order chi connectivity index (χ0) is 17.1. The lowest BCUT2D eigenvalue weighted by Crippen LogP contribution is -2.51. The molecule has 3 N–H and O–H groups in total. The number of nitrogens with zero attached hydrogens (tertiary/aromatic N) is 2. The van der Waals surface area contributed by atoms with Crippen molar-refractivity contribution in [3.8, 4) is 0 Å². The molecule has 1 aromatic carbocycles. The predicted octanol–water partition coefficient (Wildman–Crippen LogP) is 2.22. The number of piperidine rings is 1. The molecule has 6 nitrogen and oxygen atoms in total. The SMILES string of the molecule is CC(SCC(=O)N1CCCCC1C(N)=O)c1nc2ccccc2[nH]1. The first-order chi connectivity index (χ1) is 11.6. The molecule has 24 heavy (non-hydrogen) atoms. The lowest BCUT2D eigenvalue weighted by Gasteiger charge is -2.33. The molecule has 128 valence electrons. The number of nitrogens with two attached hydrogens (primary N) is 1. The fourth-order valence-corrected chi connectivity index (χ4v) is 3.88. The van der Waals surface area contributed by atoms with Crippen LogP contribution in [-0.4, -0.2) is 45.0 Å². The maximum atomic E-state index is 12.5. The molecule has 0 saturated carbocycles. The summed E-state index contributed by atoms with van der Waals surface area (Å²) in [4.78, 5) is 33.5. The standard InChI is InChI=1S/C17H22N4O2S/c1-11(17-19-12-6-2-3-7-13(12)20-17)24-10-15(22)21-9-5-4-8-14(21)16(18)23/h2-3,6-7,11,14H,4-5,8-10H2,1H3,(H2,18,23)(H,19,20). The van der Waals surface area contributed by atoms with Gasteiger partial charge in [0.05, 0.1) is 22.0 Å². The van der Waals surface area contributed by atoms with Crippen molar-refractivity contribution in [2.45, 2.75) is 37.5 Å². The van der Waals surface area contributed by atoms with Gasteiger partial charge in [-0.2, -0.15) is 0 Å². The van der Waals surface area contributed by atoms with Crippen molar-refractivity contribution in [3.05, 3.63) is 30.1 Å². The molecule has 1 aliphatic heterocycles. The lowest BCUT2D eigenvalue weighted by molar-refractivity contribution is -0.138. The van der Waals surface area contributed by atoms with Crippen LogP contribution in [0.25, 0.3) is 11.0 Å². The third kappa shape index (κ3) is 3.56. The van der Waals surface area contributed by atoms with Crippen LogP contribution in [0.3, 0.4) is 0 Å². The molecular formula is C17H22N4O2S. The Kier molecular flexibility index (Phi) is 5.08. The first-order valence-electron chi connectivity index (χ1n) is 8.21. The highest BCUT2D eigenvalue weighted by Crippen LogP contribution is 2.28. The van der Waals surface area contributed by atoms with Crippen LogP contribution in [0, 0.1) is 0 Å². The number of H-pyrrole nitrogens is 1. The molecule has 1 aliphatic rings. The van der Waals surface area contributed by atoms with Gasteiger partial charge in [-0.25, -0.2) is 4.98 Å². The molecule has 1 fully saturated rings. The Labute approximate surface area is 145 Å². The molecule has 2 amide bonds. The largest absolute Gasteiger partial charge is 0.368 e. The number of imidazole rings is 1. The van der Waals surface area contributed by atoms with Gasteiger partial charge < -0.3 is 15.6 Å². The normalized spacial score (nSPS) is 19.4. The van der Waals surface area contributed by atoms with Crippen molar-refractivity contribution in [2.75, 3.05) is 12.3 Å². The van der Waals surface area contributed by atoms with E-state index in [1.54, 1.807) is 4.90 Å². The maximum Gasteiger partial charge on any atom is 0.240 e. The number of carbonyl (C=O) groups excluding carboxylic acids is 2. The average molecular weight is 346 g/mol. The van der Waals surface area contributed by atoms with E-state index in [4.69, 9.17) is 5.73 Å². The van der Waals surface area contributed by atoms with E-state index in [1.165, 1.54) is 11.8 Å². The molecule has 2 aromatic rings. The summed E-state index contributed by atoms with van der Waals surface area (Å²) in [7, 11) is 0. The zero-order valence-electron chi connectivity index (χ0n) is 13.7. The van der Waals surface area contributed by atoms with Crippen molar-refractivity contribution in [3.63, 3.8) is 0 Å². The summed E-state index contributed by atoms with van der Waals surface area (Å²) in [6, 6.07) is 7.41. The summed E-state index contributed by atoms with van der Waals surface area (Å²) in [5.74, 6) is 0.756. The van der Waals surface area contributed by atoms with E-state index in [1.807, 2.05) is 31.2 Å². The van der Waals surface area contributed by atoms with Gasteiger partial charge in [-0.15, -0.1) is 11.8 Å². The van der Waals surface area contributed by atoms with Gasteiger partial charge in [0.1, 0.15) is 11.9 Å². The van der Waals surface area contributed by atoms with Crippen LogP contribution in [0.15, 0.2) is 24.3 Å². The van der Waals surface area contributed by atoms with Crippen molar-refractivity contribution < 1.29 is 9.59 Å². The minimum absolute atomic E-state index is 0.0218. The number of nitrogens with one attached hydrogen (secondary N) is 1. The van der Waals surface area contributed by atoms with E-state index in [0.717, 1.165) is 29.7 Å². The predicted molar refractivity (Wildman–Crippen MR) is 95.5 cm³/mol. The number of para-hydroxylation sites is 2. The van der Waals surface area contributed by atoms with E-state index < -0.39 is 11.9 Å². The molecule has 0 spiro atoms. The van der Waals surface area contributed by atoms with Crippen LogP contribution in [0.4, 0.5) is 0 Å². The van der Waals surface area contributed by atoms with Crippen LogP contribution in [0.2, 0.25) is 0 Å². The monoisotopic (exact) mass is 346 g/mol. The number of aromatic amines is 1. The van der Waals surface area contributed by atoms with E-state index in [-0.39, 0.29) is 11.2 Å². The van der Waals surface area contributed by atoms with Crippen molar-refractivity contribution in [2.24, 2.45) is 5.73 Å². The molecule has 7 heteroatoms. The molecular weight excluding hydrogens is 324 g/mol. The summed E-state index contributed by atoms with van der Waals surface area (Å²) in [6.45, 7) is 2.64. The number of likely N-dealkylation sites (tertiary alicyclic amines) is 1. The topological polar surface area (TPSA) is 92.1 Å². The zero-order valence-corrected chi connectivity index (χ0v) is 14.5. The number of fused-ring (bicyclic) bond motifs is 1. The number of carbonyl (C=O) groups is 2. The number of aromatic nitrogens is 2. The highest BCUT2D eigenvalue weighted by molar-refractivity contribution is 8.00. The van der Waals surface area contributed by atoms with Gasteiger partial charge in [0, 0.05) is 6.54 Å². The van der Waals surface area contributed by atoms with Crippen LogP contribution in [0.1, 0.15) is 37.3 Å². The maximum absolute atomic E-state index is 12.5. The highest BCUT2D eigenvalue weighted by atomic mass is 32.2. The molecule has 2 unspecified atom stereocenters. The van der Waals surface area contributed by atoms with Crippen molar-refractivity contribution >= 4 is 34.6 Å². The first-order valence-corrected chi connectivity index (χ1v) is 9.26. The quantitative estimate of drug-likeness (QED) is 0.868. The van der Waals surface area contributed by atoms with Gasteiger partial charge >= 0.3 is 0 Å². The summed E-state index contributed by atoms with van der Waals surface area (Å²) in [5, 5.41) is 0.0677. The summed E-state index contributed by atoms with van der Waals surface area (Å²) in [5.41, 5.74) is 7.35. The Balaban J connectivity index is 1.61. The fraction of sp³-hybridized carbons (Fsp3) is 0.471. The van der Waals surface area contributed by atoms with Gasteiger partial charge in [-0.3, -0.25) is 9.59 Å².